The van der Waals surface area contributed by atoms with Crippen LogP contribution in [-0.4, -0.2) is 35.6 Å². The molecule has 92 valence electrons. The molecule has 1 aromatic carbocycles. The van der Waals surface area contributed by atoms with Gasteiger partial charge >= 0.3 is 5.97 Å². The lowest BCUT2D eigenvalue weighted by atomic mass is 10.1. The summed E-state index contributed by atoms with van der Waals surface area (Å²) in [5.41, 5.74) is 1.09. The minimum Gasteiger partial charge on any atom is -0.481 e. The van der Waals surface area contributed by atoms with Crippen LogP contribution >= 0.6 is 0 Å². The molecule has 1 saturated heterocycles. The van der Waals surface area contributed by atoms with Crippen LogP contribution in [0, 0.1) is 11.7 Å². The van der Waals surface area contributed by atoms with E-state index in [4.69, 9.17) is 5.11 Å². The number of benzene rings is 1. The summed E-state index contributed by atoms with van der Waals surface area (Å²) in [4.78, 5) is 12.9. The standard InChI is InChI=1S/C13H16FNO2/c14-12-3-1-10(2-4-12)5-7-15-8-6-11(9-15)13(16)17/h1-4,11H,5-9H2,(H,16,17). The van der Waals surface area contributed by atoms with Gasteiger partial charge in [0, 0.05) is 13.1 Å². The molecule has 0 radical (unpaired) electrons. The minimum absolute atomic E-state index is 0.219. The molecule has 1 heterocycles. The van der Waals surface area contributed by atoms with E-state index in [0.717, 1.165) is 31.5 Å². The molecule has 1 atom stereocenters. The Labute approximate surface area is 99.9 Å². The fourth-order valence-corrected chi connectivity index (χ4v) is 2.18. The molecule has 0 aliphatic carbocycles. The zero-order chi connectivity index (χ0) is 12.3. The highest BCUT2D eigenvalue weighted by atomic mass is 19.1. The molecule has 1 N–H and O–H groups in total. The molecular formula is C13H16FNO2. The molecule has 2 rings (SSSR count). The van der Waals surface area contributed by atoms with E-state index in [-0.39, 0.29) is 11.7 Å². The van der Waals surface area contributed by atoms with Crippen LogP contribution in [0.2, 0.25) is 0 Å². The van der Waals surface area contributed by atoms with Crippen LogP contribution in [0.4, 0.5) is 4.39 Å². The second-order valence-electron chi connectivity index (χ2n) is 4.50. The Morgan fingerprint density at radius 3 is 2.71 bits per heavy atom. The van der Waals surface area contributed by atoms with Crippen molar-refractivity contribution in [1.82, 2.24) is 4.90 Å². The van der Waals surface area contributed by atoms with Gasteiger partial charge in [0.05, 0.1) is 5.92 Å². The van der Waals surface area contributed by atoms with E-state index in [9.17, 15) is 9.18 Å². The average molecular weight is 237 g/mol. The maximum absolute atomic E-state index is 12.7. The summed E-state index contributed by atoms with van der Waals surface area (Å²) in [6, 6.07) is 6.47. The van der Waals surface area contributed by atoms with E-state index in [0.29, 0.717) is 6.54 Å². The molecule has 3 nitrogen and oxygen atoms in total. The van der Waals surface area contributed by atoms with Gasteiger partial charge in [-0.2, -0.15) is 0 Å². The van der Waals surface area contributed by atoms with Crippen LogP contribution < -0.4 is 0 Å². The summed E-state index contributed by atoms with van der Waals surface area (Å²) in [5, 5.41) is 8.88. The highest BCUT2D eigenvalue weighted by Crippen LogP contribution is 2.16. The van der Waals surface area contributed by atoms with Gasteiger partial charge in [0.15, 0.2) is 0 Å². The van der Waals surface area contributed by atoms with Crippen LogP contribution in [0.25, 0.3) is 0 Å². The van der Waals surface area contributed by atoms with E-state index < -0.39 is 5.97 Å². The Bertz CT molecular complexity index is 391. The van der Waals surface area contributed by atoms with Gasteiger partial charge < -0.3 is 10.0 Å². The van der Waals surface area contributed by atoms with Crippen molar-refractivity contribution < 1.29 is 14.3 Å². The normalized spacial score (nSPS) is 20.6. The van der Waals surface area contributed by atoms with Crippen molar-refractivity contribution in [2.75, 3.05) is 19.6 Å². The molecule has 1 aliphatic heterocycles. The van der Waals surface area contributed by atoms with Gasteiger partial charge in [-0.15, -0.1) is 0 Å². The van der Waals surface area contributed by atoms with Crippen LogP contribution in [0.3, 0.4) is 0 Å². The first kappa shape index (κ1) is 12.0. The van der Waals surface area contributed by atoms with Crippen LogP contribution in [0.5, 0.6) is 0 Å². The molecule has 1 aromatic rings. The van der Waals surface area contributed by atoms with E-state index in [2.05, 4.69) is 4.90 Å². The van der Waals surface area contributed by atoms with E-state index in [1.54, 1.807) is 12.1 Å². The molecule has 1 unspecified atom stereocenters. The number of hydrogen-bond acceptors (Lipinski definition) is 2. The first-order chi connectivity index (χ1) is 8.15. The monoisotopic (exact) mass is 237 g/mol. The second-order valence-corrected chi connectivity index (χ2v) is 4.50. The number of halogens is 1. The first-order valence-corrected chi connectivity index (χ1v) is 5.85. The van der Waals surface area contributed by atoms with Gasteiger partial charge in [-0.25, -0.2) is 4.39 Å². The number of aliphatic carboxylic acids is 1. The maximum Gasteiger partial charge on any atom is 0.307 e. The van der Waals surface area contributed by atoms with E-state index in [1.165, 1.54) is 12.1 Å². The number of rotatable bonds is 4. The summed E-state index contributed by atoms with van der Waals surface area (Å²) in [7, 11) is 0. The molecule has 0 amide bonds. The summed E-state index contributed by atoms with van der Waals surface area (Å²) >= 11 is 0. The third-order valence-corrected chi connectivity index (χ3v) is 3.25. The van der Waals surface area contributed by atoms with Gasteiger partial charge in [-0.3, -0.25) is 4.79 Å². The summed E-state index contributed by atoms with van der Waals surface area (Å²) in [5.74, 6) is -1.14. The Balaban J connectivity index is 1.80. The highest BCUT2D eigenvalue weighted by molar-refractivity contribution is 5.70. The molecular weight excluding hydrogens is 221 g/mol. The van der Waals surface area contributed by atoms with Crippen molar-refractivity contribution in [3.05, 3.63) is 35.6 Å². The third kappa shape index (κ3) is 3.27. The van der Waals surface area contributed by atoms with Gasteiger partial charge in [0.2, 0.25) is 0 Å². The van der Waals surface area contributed by atoms with Crippen LogP contribution in [0.1, 0.15) is 12.0 Å². The van der Waals surface area contributed by atoms with Crippen LogP contribution in [0.15, 0.2) is 24.3 Å². The van der Waals surface area contributed by atoms with Crippen molar-refractivity contribution in [2.45, 2.75) is 12.8 Å². The van der Waals surface area contributed by atoms with Crippen molar-refractivity contribution >= 4 is 5.97 Å². The molecule has 0 bridgehead atoms. The summed E-state index contributed by atoms with van der Waals surface area (Å²) in [6.45, 7) is 2.32. The van der Waals surface area contributed by atoms with E-state index >= 15 is 0 Å². The largest absolute Gasteiger partial charge is 0.481 e. The fourth-order valence-electron chi connectivity index (χ4n) is 2.18. The topological polar surface area (TPSA) is 40.5 Å². The van der Waals surface area contributed by atoms with Crippen molar-refractivity contribution in [1.29, 1.82) is 0 Å². The van der Waals surface area contributed by atoms with E-state index in [1.807, 2.05) is 0 Å². The Hall–Kier alpha value is -1.42. The average Bonchev–Trinajstić information content (AvgIpc) is 2.77. The van der Waals surface area contributed by atoms with Crippen molar-refractivity contribution in [2.24, 2.45) is 5.92 Å². The SMILES string of the molecule is O=C(O)C1CCN(CCc2ccc(F)cc2)C1. The van der Waals surface area contributed by atoms with Crippen LogP contribution in [-0.2, 0) is 11.2 Å². The molecule has 0 saturated carbocycles. The Morgan fingerprint density at radius 1 is 1.41 bits per heavy atom. The number of hydrogen-bond donors (Lipinski definition) is 1. The lowest BCUT2D eigenvalue weighted by Crippen LogP contribution is -2.25. The second kappa shape index (κ2) is 5.27. The quantitative estimate of drug-likeness (QED) is 0.867. The molecule has 1 aliphatic rings. The van der Waals surface area contributed by atoms with Gasteiger partial charge in [-0.05, 0) is 37.1 Å². The molecule has 0 aromatic heterocycles. The minimum atomic E-state index is -0.700. The number of likely N-dealkylation sites (tertiary alicyclic amines) is 1. The zero-order valence-electron chi connectivity index (χ0n) is 9.60. The zero-order valence-corrected chi connectivity index (χ0v) is 9.60. The highest BCUT2D eigenvalue weighted by Gasteiger charge is 2.27. The number of nitrogens with zero attached hydrogens (tertiary/aromatic N) is 1. The van der Waals surface area contributed by atoms with Gasteiger partial charge in [-0.1, -0.05) is 12.1 Å². The molecule has 0 spiro atoms. The predicted molar refractivity (Wildman–Crippen MR) is 62.3 cm³/mol. The summed E-state index contributed by atoms with van der Waals surface area (Å²) in [6.07, 6.45) is 1.57. The van der Waals surface area contributed by atoms with Gasteiger partial charge in [0.1, 0.15) is 5.82 Å². The lowest BCUT2D eigenvalue weighted by Gasteiger charge is -2.14. The number of carboxylic acid groups (broad SMARTS) is 1. The predicted octanol–water partition coefficient (Wildman–Crippen LogP) is 1.77. The fraction of sp³-hybridized carbons (Fsp3) is 0.462. The molecule has 17 heavy (non-hydrogen) atoms. The molecule has 4 heteroatoms. The van der Waals surface area contributed by atoms with Crippen molar-refractivity contribution in [3.8, 4) is 0 Å². The van der Waals surface area contributed by atoms with Crippen molar-refractivity contribution in [3.63, 3.8) is 0 Å². The Kier molecular flexibility index (Phi) is 3.74. The molecule has 1 fully saturated rings. The number of carboxylic acids is 1. The Morgan fingerprint density at radius 2 is 2.12 bits per heavy atom. The smallest absolute Gasteiger partial charge is 0.307 e. The number of carbonyl (C=O) groups is 1. The third-order valence-electron chi connectivity index (χ3n) is 3.25. The summed E-state index contributed by atoms with van der Waals surface area (Å²) < 4.78 is 12.7. The maximum atomic E-state index is 12.7. The first-order valence-electron chi connectivity index (χ1n) is 5.85. The van der Waals surface area contributed by atoms with Gasteiger partial charge in [0.25, 0.3) is 0 Å². The lowest BCUT2D eigenvalue weighted by molar-refractivity contribution is -0.141.